The molecule has 39 heavy (non-hydrogen) atoms. The minimum Gasteiger partial charge on any atom is -0.457 e. The molecule has 3 N–H and O–H groups in total. The van der Waals surface area contributed by atoms with Crippen LogP contribution in [0.2, 0.25) is 0 Å². The fraction of sp³-hybridized carbons (Fsp3) is 0.276. The van der Waals surface area contributed by atoms with E-state index < -0.39 is 5.56 Å². The average Bonchev–Trinajstić information content (AvgIpc) is 3.70. The van der Waals surface area contributed by atoms with Crippen LogP contribution in [-0.4, -0.2) is 43.9 Å². The number of para-hydroxylation sites is 1. The summed E-state index contributed by atoms with van der Waals surface area (Å²) in [5.74, 6) is 1.60. The lowest BCUT2D eigenvalue weighted by molar-refractivity contribution is -0.128. The van der Waals surface area contributed by atoms with Crippen LogP contribution in [0.25, 0.3) is 22.2 Å². The average molecular weight is 522 g/mol. The van der Waals surface area contributed by atoms with E-state index in [0.717, 1.165) is 37.0 Å². The van der Waals surface area contributed by atoms with E-state index in [1.54, 1.807) is 15.7 Å². The monoisotopic (exact) mass is 521 g/mol. The summed E-state index contributed by atoms with van der Waals surface area (Å²) < 4.78 is 7.58. The number of H-pyrrole nitrogens is 1. The summed E-state index contributed by atoms with van der Waals surface area (Å²) in [6.07, 6.45) is 5.26. The van der Waals surface area contributed by atoms with Crippen LogP contribution in [0.5, 0.6) is 11.5 Å². The van der Waals surface area contributed by atoms with Gasteiger partial charge in [0.15, 0.2) is 5.82 Å². The summed E-state index contributed by atoms with van der Waals surface area (Å²) in [5, 5.41) is 21.3. The number of nitriles is 1. The molecule has 0 radical (unpaired) electrons. The summed E-state index contributed by atoms with van der Waals surface area (Å²) in [6.45, 7) is 0.887. The number of amides is 1. The number of nitrogens with zero attached hydrogens (tertiary/aromatic N) is 5. The van der Waals surface area contributed by atoms with E-state index in [9.17, 15) is 14.9 Å². The molecule has 10 nitrogen and oxygen atoms in total. The summed E-state index contributed by atoms with van der Waals surface area (Å²) in [6, 6.07) is 18.7. The van der Waals surface area contributed by atoms with Crippen molar-refractivity contribution in [2.75, 3.05) is 18.8 Å². The van der Waals surface area contributed by atoms with Gasteiger partial charge in [-0.15, -0.1) is 0 Å². The van der Waals surface area contributed by atoms with Crippen molar-refractivity contribution < 1.29 is 9.53 Å². The number of hydrogen-bond donors (Lipinski definition) is 2. The molecule has 1 saturated heterocycles. The molecule has 6 rings (SSSR count). The second kappa shape index (κ2) is 10.1. The van der Waals surface area contributed by atoms with Gasteiger partial charge in [-0.3, -0.25) is 14.3 Å². The largest absolute Gasteiger partial charge is 0.457 e. The van der Waals surface area contributed by atoms with Crippen LogP contribution < -0.4 is 16.0 Å². The number of ether oxygens (including phenoxy) is 1. The van der Waals surface area contributed by atoms with E-state index in [2.05, 4.69) is 16.3 Å². The summed E-state index contributed by atoms with van der Waals surface area (Å²) in [7, 11) is 0. The van der Waals surface area contributed by atoms with Crippen molar-refractivity contribution in [2.24, 2.45) is 5.92 Å². The van der Waals surface area contributed by atoms with Gasteiger partial charge >= 0.3 is 0 Å². The maximum Gasteiger partial charge on any atom is 0.290 e. The molecular weight excluding hydrogens is 494 g/mol. The molecule has 10 heteroatoms. The summed E-state index contributed by atoms with van der Waals surface area (Å²) in [5.41, 5.74) is 7.63. The van der Waals surface area contributed by atoms with Crippen LogP contribution in [0.1, 0.15) is 31.7 Å². The lowest BCUT2D eigenvalue weighted by Crippen LogP contribution is -2.41. The molecule has 2 aromatic heterocycles. The predicted molar refractivity (Wildman–Crippen MR) is 146 cm³/mol. The number of nitrogens with two attached hydrogens (primary N) is 1. The number of nitrogens with one attached hydrogen (secondary N) is 1. The SMILES string of the molecule is N#CC(=CC1CC1)C(=O)N1CCC[C@@H](n2nc(-c3ccc(Oc4ccccc4)cc3)c3c(N)n[nH]c(=O)c32)C1. The molecular formula is C29H27N7O3. The van der Waals surface area contributed by atoms with Crippen LogP contribution in [0, 0.1) is 17.2 Å². The number of nitrogen functional groups attached to an aromatic ring is 1. The predicted octanol–water partition coefficient (Wildman–Crippen LogP) is 4.18. The third kappa shape index (κ3) is 4.86. The second-order valence-electron chi connectivity index (χ2n) is 9.97. The Hall–Kier alpha value is -4.91. The Labute approximate surface area is 224 Å². The van der Waals surface area contributed by atoms with E-state index in [1.165, 1.54) is 0 Å². The normalized spacial score (nSPS) is 17.7. The first-order valence-electron chi connectivity index (χ1n) is 13.0. The molecule has 196 valence electrons. The topological polar surface area (TPSA) is 143 Å². The fourth-order valence-electron chi connectivity index (χ4n) is 5.05. The maximum absolute atomic E-state index is 13.1. The number of likely N-dealkylation sites (tertiary alicyclic amines) is 1. The number of aromatic amines is 1. The van der Waals surface area contributed by atoms with Gasteiger partial charge in [0.05, 0.1) is 11.4 Å². The van der Waals surface area contributed by atoms with Gasteiger partial charge in [-0.05, 0) is 68.0 Å². The van der Waals surface area contributed by atoms with Crippen LogP contribution in [0.3, 0.4) is 0 Å². The van der Waals surface area contributed by atoms with Gasteiger partial charge in [0.25, 0.3) is 11.5 Å². The minimum atomic E-state index is -0.406. The molecule has 1 saturated carbocycles. The number of carbonyl (C=O) groups is 1. The van der Waals surface area contributed by atoms with E-state index in [4.69, 9.17) is 15.6 Å². The van der Waals surface area contributed by atoms with Gasteiger partial charge in [0, 0.05) is 18.7 Å². The van der Waals surface area contributed by atoms with Crippen LogP contribution in [0.4, 0.5) is 5.82 Å². The standard InChI is InChI=1S/C29H27N7O3/c30-16-20(15-18-8-9-18)29(38)35-14-4-5-21(17-35)36-26-24(27(31)32-33-28(26)37)25(34-36)19-10-12-23(13-11-19)39-22-6-2-1-3-7-22/h1-3,6-7,10-13,15,18,21H,4-5,8-9,14,17H2,(H2,31,32)(H,33,37)/t21-/m1/s1. The molecule has 1 atom stereocenters. The van der Waals surface area contributed by atoms with Crippen molar-refractivity contribution in [3.63, 3.8) is 0 Å². The first-order valence-corrected chi connectivity index (χ1v) is 13.0. The van der Waals surface area contributed by atoms with E-state index in [-0.39, 0.29) is 23.3 Å². The number of fused-ring (bicyclic) bond motifs is 1. The van der Waals surface area contributed by atoms with E-state index in [1.807, 2.05) is 54.6 Å². The molecule has 1 aliphatic carbocycles. The van der Waals surface area contributed by atoms with Crippen molar-refractivity contribution in [1.82, 2.24) is 24.9 Å². The zero-order chi connectivity index (χ0) is 26.9. The van der Waals surface area contributed by atoms with Gasteiger partial charge in [-0.1, -0.05) is 24.3 Å². The third-order valence-corrected chi connectivity index (χ3v) is 7.17. The van der Waals surface area contributed by atoms with Crippen molar-refractivity contribution in [1.29, 1.82) is 5.26 Å². The van der Waals surface area contributed by atoms with Crippen molar-refractivity contribution in [3.05, 3.63) is 76.6 Å². The molecule has 2 aliphatic rings. The Bertz CT molecular complexity index is 1660. The number of aromatic nitrogens is 4. The second-order valence-corrected chi connectivity index (χ2v) is 9.97. The Morgan fingerprint density at radius 2 is 1.85 bits per heavy atom. The first kappa shape index (κ1) is 24.4. The number of hydrogen-bond acceptors (Lipinski definition) is 7. The smallest absolute Gasteiger partial charge is 0.290 e. The van der Waals surface area contributed by atoms with Crippen LogP contribution in [0.15, 0.2) is 71.0 Å². The number of benzene rings is 2. The molecule has 1 amide bonds. The summed E-state index contributed by atoms with van der Waals surface area (Å²) in [4.78, 5) is 27.8. The fourth-order valence-corrected chi connectivity index (χ4v) is 5.05. The molecule has 2 aromatic carbocycles. The van der Waals surface area contributed by atoms with Crippen molar-refractivity contribution >= 4 is 22.6 Å². The Balaban J connectivity index is 1.34. The molecule has 4 aromatic rings. The van der Waals surface area contributed by atoms with Gasteiger partial charge in [-0.2, -0.15) is 15.5 Å². The highest BCUT2D eigenvalue weighted by molar-refractivity contribution is 6.00. The number of piperidine rings is 1. The highest BCUT2D eigenvalue weighted by atomic mass is 16.5. The molecule has 1 aliphatic heterocycles. The Kier molecular flexibility index (Phi) is 6.32. The number of carbonyl (C=O) groups excluding carboxylic acids is 1. The maximum atomic E-state index is 13.1. The third-order valence-electron chi connectivity index (χ3n) is 7.17. The summed E-state index contributed by atoms with van der Waals surface area (Å²) >= 11 is 0. The molecule has 3 heterocycles. The van der Waals surface area contributed by atoms with E-state index >= 15 is 0 Å². The first-order chi connectivity index (χ1) is 19.0. The number of rotatable bonds is 6. The van der Waals surface area contributed by atoms with E-state index in [0.29, 0.717) is 41.4 Å². The number of anilines is 1. The number of allylic oxidation sites excluding steroid dienone is 1. The molecule has 0 spiro atoms. The van der Waals surface area contributed by atoms with Crippen LogP contribution >= 0.6 is 0 Å². The van der Waals surface area contributed by atoms with Gasteiger partial charge in [-0.25, -0.2) is 5.10 Å². The van der Waals surface area contributed by atoms with Gasteiger partial charge in [0.1, 0.15) is 34.4 Å². The minimum absolute atomic E-state index is 0.165. The Morgan fingerprint density at radius 1 is 1.10 bits per heavy atom. The quantitative estimate of drug-likeness (QED) is 0.286. The highest BCUT2D eigenvalue weighted by Gasteiger charge is 2.31. The van der Waals surface area contributed by atoms with Gasteiger partial charge in [0.2, 0.25) is 0 Å². The highest BCUT2D eigenvalue weighted by Crippen LogP contribution is 2.35. The zero-order valence-electron chi connectivity index (χ0n) is 21.2. The molecule has 0 unspecified atom stereocenters. The van der Waals surface area contributed by atoms with Crippen molar-refractivity contribution in [2.45, 2.75) is 31.7 Å². The van der Waals surface area contributed by atoms with Crippen LogP contribution in [-0.2, 0) is 4.79 Å². The lowest BCUT2D eigenvalue weighted by atomic mass is 10.0. The van der Waals surface area contributed by atoms with Crippen molar-refractivity contribution in [3.8, 4) is 28.8 Å². The molecule has 2 fully saturated rings. The zero-order valence-corrected chi connectivity index (χ0v) is 21.2. The Morgan fingerprint density at radius 3 is 2.56 bits per heavy atom. The molecule has 0 bridgehead atoms. The lowest BCUT2D eigenvalue weighted by Gasteiger charge is -2.33. The van der Waals surface area contributed by atoms with Gasteiger partial charge < -0.3 is 15.4 Å².